The predicted octanol–water partition coefficient (Wildman–Crippen LogP) is 1.75. The third-order valence-electron chi connectivity index (χ3n) is 4.27. The Hall–Kier alpha value is -0.680. The van der Waals surface area contributed by atoms with E-state index in [-0.39, 0.29) is 17.9 Å². The molecule has 6 atom stereocenters. The Bertz CT molecular complexity index is 373. The molecule has 1 saturated heterocycles. The summed E-state index contributed by atoms with van der Waals surface area (Å²) in [5.74, 6) is 0.150. The Kier molecular flexibility index (Phi) is 5.38. The summed E-state index contributed by atoms with van der Waals surface area (Å²) in [4.78, 5) is 0. The lowest BCUT2D eigenvalue weighted by Gasteiger charge is -2.16. The molecule has 1 unspecified atom stereocenters. The summed E-state index contributed by atoms with van der Waals surface area (Å²) >= 11 is 0. The Morgan fingerprint density at radius 2 is 2.05 bits per heavy atom. The maximum atomic E-state index is 10.0. The molecule has 0 amide bonds. The van der Waals surface area contributed by atoms with Crippen molar-refractivity contribution in [2.45, 2.75) is 64.1 Å². The molecule has 4 nitrogen and oxygen atoms in total. The molecule has 0 bridgehead atoms. The zero-order valence-electron chi connectivity index (χ0n) is 12.3. The van der Waals surface area contributed by atoms with E-state index in [1.807, 2.05) is 19.9 Å². The molecule has 0 radical (unpaired) electrons. The number of rotatable bonds is 5. The van der Waals surface area contributed by atoms with Gasteiger partial charge < -0.3 is 20.1 Å². The van der Waals surface area contributed by atoms with Crippen molar-refractivity contribution in [1.82, 2.24) is 0 Å². The summed E-state index contributed by atoms with van der Waals surface area (Å²) in [6.07, 6.45) is 6.83. The van der Waals surface area contributed by atoms with Crippen LogP contribution >= 0.6 is 0 Å². The maximum absolute atomic E-state index is 10.0. The topological polar surface area (TPSA) is 69.9 Å². The lowest BCUT2D eigenvalue weighted by molar-refractivity contribution is -0.0949. The molecule has 1 aliphatic heterocycles. The molecule has 114 valence electrons. The standard InChI is InChI=1S/C16H26O4/c1-10(2)4-3-5-11(17)6-7-12-13-8-16(19)20-15(13)9-14(12)18/h4,6-7,11-19H,3,5,8-9H2,1-2H3/t11-,12+,13+,14+,15-,16?/m0/s1. The highest BCUT2D eigenvalue weighted by atomic mass is 16.6. The Balaban J connectivity index is 1.85. The van der Waals surface area contributed by atoms with Crippen molar-refractivity contribution in [2.24, 2.45) is 11.8 Å². The van der Waals surface area contributed by atoms with Gasteiger partial charge in [-0.3, -0.25) is 0 Å². The van der Waals surface area contributed by atoms with Gasteiger partial charge in [0.05, 0.1) is 18.3 Å². The van der Waals surface area contributed by atoms with Gasteiger partial charge in [-0.25, -0.2) is 0 Å². The Morgan fingerprint density at radius 1 is 1.30 bits per heavy atom. The largest absolute Gasteiger partial charge is 0.392 e. The fourth-order valence-electron chi connectivity index (χ4n) is 3.23. The zero-order valence-corrected chi connectivity index (χ0v) is 12.3. The summed E-state index contributed by atoms with van der Waals surface area (Å²) in [7, 11) is 0. The molecule has 0 aromatic heterocycles. The molecule has 0 spiro atoms. The smallest absolute Gasteiger partial charge is 0.155 e. The first-order valence-corrected chi connectivity index (χ1v) is 7.48. The van der Waals surface area contributed by atoms with Gasteiger partial charge in [0, 0.05) is 18.8 Å². The van der Waals surface area contributed by atoms with E-state index in [1.54, 1.807) is 6.08 Å². The van der Waals surface area contributed by atoms with E-state index in [9.17, 15) is 15.3 Å². The quantitative estimate of drug-likeness (QED) is 0.672. The molecule has 4 heteroatoms. The molecule has 20 heavy (non-hydrogen) atoms. The van der Waals surface area contributed by atoms with Crippen molar-refractivity contribution in [1.29, 1.82) is 0 Å². The number of allylic oxidation sites excluding steroid dienone is 2. The molecule has 3 N–H and O–H groups in total. The first kappa shape index (κ1) is 15.7. The molecule has 0 aromatic carbocycles. The van der Waals surface area contributed by atoms with Gasteiger partial charge in [0.1, 0.15) is 0 Å². The van der Waals surface area contributed by atoms with E-state index in [1.165, 1.54) is 5.57 Å². The van der Waals surface area contributed by atoms with Crippen LogP contribution in [0.5, 0.6) is 0 Å². The van der Waals surface area contributed by atoms with Crippen LogP contribution in [-0.4, -0.2) is 39.9 Å². The SMILES string of the molecule is CC(C)=CCC[C@H](O)C=C[C@@H]1[C@H]2CC(O)O[C@H]2C[C@H]1O. The van der Waals surface area contributed by atoms with Crippen LogP contribution in [0.1, 0.15) is 39.5 Å². The van der Waals surface area contributed by atoms with Crippen LogP contribution in [0.2, 0.25) is 0 Å². The average molecular weight is 282 g/mol. The second kappa shape index (κ2) is 6.85. The van der Waals surface area contributed by atoms with Gasteiger partial charge in [-0.1, -0.05) is 23.8 Å². The van der Waals surface area contributed by atoms with Crippen LogP contribution in [0.4, 0.5) is 0 Å². The Labute approximate surface area is 120 Å². The monoisotopic (exact) mass is 282 g/mol. The summed E-state index contributed by atoms with van der Waals surface area (Å²) < 4.78 is 5.38. The van der Waals surface area contributed by atoms with Crippen molar-refractivity contribution < 1.29 is 20.1 Å². The number of hydrogen-bond acceptors (Lipinski definition) is 4. The van der Waals surface area contributed by atoms with E-state index in [0.717, 1.165) is 6.42 Å². The van der Waals surface area contributed by atoms with Crippen molar-refractivity contribution in [3.8, 4) is 0 Å². The Morgan fingerprint density at radius 3 is 2.75 bits per heavy atom. The molecule has 1 saturated carbocycles. The lowest BCUT2D eigenvalue weighted by Crippen LogP contribution is -2.19. The van der Waals surface area contributed by atoms with E-state index in [0.29, 0.717) is 19.3 Å². The average Bonchev–Trinajstić information content (AvgIpc) is 2.81. The second-order valence-electron chi connectivity index (χ2n) is 6.22. The van der Waals surface area contributed by atoms with Gasteiger partial charge in [-0.15, -0.1) is 0 Å². The second-order valence-corrected chi connectivity index (χ2v) is 6.22. The lowest BCUT2D eigenvalue weighted by atomic mass is 9.91. The first-order chi connectivity index (χ1) is 9.47. The molecule has 2 rings (SSSR count). The zero-order chi connectivity index (χ0) is 14.7. The minimum absolute atomic E-state index is 0.0183. The molecule has 1 aliphatic carbocycles. The van der Waals surface area contributed by atoms with Crippen LogP contribution in [0.3, 0.4) is 0 Å². The summed E-state index contributed by atoms with van der Waals surface area (Å²) in [6.45, 7) is 4.09. The number of fused-ring (bicyclic) bond motifs is 1. The molecular weight excluding hydrogens is 256 g/mol. The third-order valence-corrected chi connectivity index (χ3v) is 4.27. The molecule has 2 fully saturated rings. The van der Waals surface area contributed by atoms with Gasteiger partial charge in [0.25, 0.3) is 0 Å². The molecule has 1 heterocycles. The number of ether oxygens (including phenoxy) is 1. The number of aliphatic hydroxyl groups excluding tert-OH is 3. The van der Waals surface area contributed by atoms with Crippen LogP contribution in [0.25, 0.3) is 0 Å². The van der Waals surface area contributed by atoms with Gasteiger partial charge in [0.2, 0.25) is 0 Å². The number of aliphatic hydroxyl groups is 3. The molecular formula is C16H26O4. The number of hydrogen-bond donors (Lipinski definition) is 3. The summed E-state index contributed by atoms with van der Waals surface area (Å²) in [5.41, 5.74) is 1.26. The highest BCUT2D eigenvalue weighted by Crippen LogP contribution is 2.43. The van der Waals surface area contributed by atoms with Crippen LogP contribution in [0, 0.1) is 11.8 Å². The third kappa shape index (κ3) is 3.92. The van der Waals surface area contributed by atoms with Crippen molar-refractivity contribution in [3.05, 3.63) is 23.8 Å². The van der Waals surface area contributed by atoms with Crippen molar-refractivity contribution >= 4 is 0 Å². The summed E-state index contributed by atoms with van der Waals surface area (Å²) in [5, 5.41) is 29.5. The van der Waals surface area contributed by atoms with Crippen LogP contribution in [-0.2, 0) is 4.74 Å². The van der Waals surface area contributed by atoms with E-state index < -0.39 is 18.5 Å². The predicted molar refractivity (Wildman–Crippen MR) is 76.9 cm³/mol. The van der Waals surface area contributed by atoms with Crippen LogP contribution < -0.4 is 0 Å². The van der Waals surface area contributed by atoms with Crippen molar-refractivity contribution in [2.75, 3.05) is 0 Å². The van der Waals surface area contributed by atoms with Crippen LogP contribution in [0.15, 0.2) is 23.8 Å². The normalized spacial score (nSPS) is 38.1. The summed E-state index contributed by atoms with van der Waals surface area (Å²) in [6, 6.07) is 0. The van der Waals surface area contributed by atoms with E-state index >= 15 is 0 Å². The van der Waals surface area contributed by atoms with Crippen molar-refractivity contribution in [3.63, 3.8) is 0 Å². The highest BCUT2D eigenvalue weighted by molar-refractivity contribution is 5.06. The van der Waals surface area contributed by atoms with Gasteiger partial charge >= 0.3 is 0 Å². The molecule has 0 aromatic rings. The van der Waals surface area contributed by atoms with Gasteiger partial charge in [-0.2, -0.15) is 0 Å². The fraction of sp³-hybridized carbons (Fsp3) is 0.750. The first-order valence-electron chi connectivity index (χ1n) is 7.48. The van der Waals surface area contributed by atoms with E-state index in [2.05, 4.69) is 6.08 Å². The fourth-order valence-corrected chi connectivity index (χ4v) is 3.23. The van der Waals surface area contributed by atoms with Gasteiger partial charge in [0.15, 0.2) is 6.29 Å². The molecule has 2 aliphatic rings. The van der Waals surface area contributed by atoms with E-state index in [4.69, 9.17) is 4.74 Å². The maximum Gasteiger partial charge on any atom is 0.155 e. The van der Waals surface area contributed by atoms with Gasteiger partial charge in [-0.05, 0) is 32.6 Å². The highest BCUT2D eigenvalue weighted by Gasteiger charge is 2.47. The minimum atomic E-state index is -0.698. The minimum Gasteiger partial charge on any atom is -0.392 e.